The summed E-state index contributed by atoms with van der Waals surface area (Å²) >= 11 is 0. The minimum Gasteiger partial charge on any atom is -0.481 e. The van der Waals surface area contributed by atoms with Gasteiger partial charge in [-0.15, -0.1) is 0 Å². The fraction of sp³-hybridized carbons (Fsp3) is 0.245. The molecule has 4 saturated carbocycles. The fourth-order valence-electron chi connectivity index (χ4n) is 22.5. The average Bonchev–Trinajstić information content (AvgIpc) is 0.713. The average molecular weight is 1880 g/mol. The second-order valence-electron chi connectivity index (χ2n) is 37.2. The van der Waals surface area contributed by atoms with Crippen molar-refractivity contribution in [2.45, 2.75) is 144 Å². The predicted octanol–water partition coefficient (Wildman–Crippen LogP) is 21.9. The lowest BCUT2D eigenvalue weighted by Gasteiger charge is -2.59. The monoisotopic (exact) mass is 1880 g/mol. The van der Waals surface area contributed by atoms with Crippen molar-refractivity contribution in [3.8, 4) is 138 Å². The van der Waals surface area contributed by atoms with Gasteiger partial charge in [0.1, 0.15) is 138 Å². The molecular formula is C106H79NO32. The van der Waals surface area contributed by atoms with E-state index in [2.05, 4.69) is 5.32 Å². The number of carboxylic acids is 8. The highest BCUT2D eigenvalue weighted by Crippen LogP contribution is 2.63. The summed E-state index contributed by atoms with van der Waals surface area (Å²) in [6.07, 6.45) is -4.50. The summed E-state index contributed by atoms with van der Waals surface area (Å²) in [7, 11) is 0. The molecule has 12 aromatic rings. The first-order valence-electron chi connectivity index (χ1n) is 45.3. The van der Waals surface area contributed by atoms with Gasteiger partial charge in [-0.3, -0.25) is 19.2 Å². The van der Waals surface area contributed by atoms with Gasteiger partial charge in [0.25, 0.3) is 18.9 Å². The second-order valence-corrected chi connectivity index (χ2v) is 37.2. The number of hydrogen-bond donors (Lipinski definition) is 9. The molecule has 33 nitrogen and oxygen atoms in total. The van der Waals surface area contributed by atoms with Crippen molar-refractivity contribution in [3.05, 3.63) is 283 Å². The summed E-state index contributed by atoms with van der Waals surface area (Å²) in [4.78, 5) is 111. The highest BCUT2D eigenvalue weighted by atomic mass is 16.7. The van der Waals surface area contributed by atoms with Gasteiger partial charge in [-0.2, -0.15) is 0 Å². The quantitative estimate of drug-likeness (QED) is 0.0385. The molecule has 0 saturated heterocycles. The molecule has 4 unspecified atom stereocenters. The Bertz CT molecular complexity index is 6940. The molecule has 4 aliphatic carbocycles. The summed E-state index contributed by atoms with van der Waals surface area (Å²) < 4.78 is 118. The molecule has 0 amide bonds. The SMILES string of the molecule is O=C(O)CCC1c2cc3c4cc2OC2Oc5cc6c(cc51)C(CCC(=O)O)c1cc5c7cc1OC(O6)c1cc6cc(c1)Oc1cc(cc(C(=O)O)c1)Oc1cc8cc(c1)C(NC19CC%10CC(CC(C%10)C1)C9)(Oc1cc(c(cc1C5CCC(=O)O)C3CCC(=O)O)OC(O4)c1cc(cc(c1)Oc1cc(cc(C(=O)O)c1)O8)Oc1cc(cc(C(=O)O)c1)Oc1cc(cc2c1)Oc1cc(cc(C(=O)O)c1)O6)O7. The van der Waals surface area contributed by atoms with Crippen LogP contribution in [0.5, 0.6) is 138 Å². The topological polar surface area (TPSA) is 458 Å². The van der Waals surface area contributed by atoms with Crippen molar-refractivity contribution < 1.29 is 155 Å². The maximum atomic E-state index is 14.0. The van der Waals surface area contributed by atoms with Crippen LogP contribution in [0, 0.1) is 17.8 Å². The van der Waals surface area contributed by atoms with E-state index >= 15 is 0 Å². The van der Waals surface area contributed by atoms with Gasteiger partial charge in [0.2, 0.25) is 0 Å². The van der Waals surface area contributed by atoms with Gasteiger partial charge in [0.15, 0.2) is 0 Å². The van der Waals surface area contributed by atoms with E-state index < -0.39 is 127 Å². The first kappa shape index (κ1) is 85.1. The lowest BCUT2D eigenvalue weighted by molar-refractivity contribution is -0.189. The summed E-state index contributed by atoms with van der Waals surface area (Å²) in [6, 6.07) is 46.4. The number of benzene rings is 12. The summed E-state index contributed by atoms with van der Waals surface area (Å²) in [5, 5.41) is 94.3. The number of carbonyl (C=O) groups is 8. The molecule has 8 aliphatic heterocycles. The normalized spacial score (nSPS) is 22.5. The number of aromatic carboxylic acids is 4. The van der Waals surface area contributed by atoms with E-state index in [1.54, 1.807) is 48.5 Å². The van der Waals surface area contributed by atoms with E-state index in [1.807, 2.05) is 0 Å². The molecule has 36 bridgehead atoms. The van der Waals surface area contributed by atoms with Crippen molar-refractivity contribution in [1.82, 2.24) is 5.32 Å². The van der Waals surface area contributed by atoms with Gasteiger partial charge >= 0.3 is 53.7 Å². The van der Waals surface area contributed by atoms with Crippen LogP contribution in [0.25, 0.3) is 0 Å². The van der Waals surface area contributed by atoms with Crippen molar-refractivity contribution in [2.75, 3.05) is 0 Å². The first-order valence-corrected chi connectivity index (χ1v) is 45.3. The predicted molar refractivity (Wildman–Crippen MR) is 480 cm³/mol. The first-order chi connectivity index (χ1) is 67.0. The van der Waals surface area contributed by atoms with E-state index in [-0.39, 0.29) is 270 Å². The van der Waals surface area contributed by atoms with Crippen molar-refractivity contribution in [3.63, 3.8) is 0 Å². The van der Waals surface area contributed by atoms with E-state index in [4.69, 9.17) is 75.8 Å². The van der Waals surface area contributed by atoms with Crippen molar-refractivity contribution in [1.29, 1.82) is 0 Å². The molecule has 12 aliphatic rings. The molecule has 0 aromatic heterocycles. The molecule has 139 heavy (non-hydrogen) atoms. The van der Waals surface area contributed by atoms with Gasteiger partial charge in [-0.25, -0.2) is 24.5 Å². The Balaban J connectivity index is 0.918. The van der Waals surface area contributed by atoms with Crippen LogP contribution < -0.4 is 81.1 Å². The second kappa shape index (κ2) is 32.5. The maximum absolute atomic E-state index is 14.0. The van der Waals surface area contributed by atoms with Gasteiger partial charge in [-0.1, -0.05) is 0 Å². The standard InChI is InChI=1S/C106H79NO32/c108-94(109)5-1-74-78-36-80-75(2-6-95(110)111)82-38-84-77(4-8-97(114)115)85-39-83-76(3-7-96(112)113)81-37-79(74)87-41-89(81)135-104-56-23-69-34-71(25-56)129-63-17-53(101(122)123)19-65(31-63)131-73-27-57-26-72(35-73)130-64-18-52(100(120)121)16-62(30-64)128-70-24-55-22-68(33-70)126-60-14-50(98(116)117)12-58(28-60)124-66-20-54(21-67(32-66)125-59-13-51(99(118)119)15-61(29-59)127-69)102(133-87)132-86(78)40-88(80)134-103(55)136-90(82)42-92(84)138-106(57,139-93(85)43-91(83)137-104)107-105-44-47-9-48(45-105)11-49(10-47)46-105/h12-43,47-49,74-77,102-104,107H,1-11,44-46H2,(H,108,109)(H,110,111)(H,112,113)(H,114,115)(H,116,117)(H,118,119)(H,120,121)(H,122,123). The zero-order chi connectivity index (χ0) is 95.0. The Morgan fingerprint density at radius 2 is 0.453 bits per heavy atom. The summed E-state index contributed by atoms with van der Waals surface area (Å²) in [6.45, 7) is 0. The molecule has 0 radical (unpaired) electrons. The smallest absolute Gasteiger partial charge is 0.342 e. The molecule has 4 atom stereocenters. The van der Waals surface area contributed by atoms with Crippen molar-refractivity contribution >= 4 is 47.8 Å². The number of hydrogen-bond acceptors (Lipinski definition) is 25. The molecule has 700 valence electrons. The van der Waals surface area contributed by atoms with E-state index in [0.29, 0.717) is 19.3 Å². The number of ether oxygens (including phenoxy) is 16. The zero-order valence-electron chi connectivity index (χ0n) is 73.0. The number of carboxylic acid groups (broad SMARTS) is 8. The lowest BCUT2D eigenvalue weighted by atomic mass is 9.53. The van der Waals surface area contributed by atoms with Crippen LogP contribution in [-0.2, 0) is 25.1 Å². The van der Waals surface area contributed by atoms with Gasteiger partial charge < -0.3 is 117 Å². The lowest BCUT2D eigenvalue weighted by Crippen LogP contribution is -2.67. The van der Waals surface area contributed by atoms with Crippen LogP contribution in [0.2, 0.25) is 0 Å². The third kappa shape index (κ3) is 16.0. The van der Waals surface area contributed by atoms with Crippen LogP contribution in [0.4, 0.5) is 0 Å². The number of fused-ring (bicyclic) bond motifs is 16. The fourth-order valence-corrected chi connectivity index (χ4v) is 22.5. The third-order valence-corrected chi connectivity index (χ3v) is 27.7. The van der Waals surface area contributed by atoms with E-state index in [1.165, 1.54) is 146 Å². The minimum absolute atomic E-state index is 0.0289. The van der Waals surface area contributed by atoms with Crippen LogP contribution in [-0.4, -0.2) is 94.1 Å². The Morgan fingerprint density at radius 3 is 0.669 bits per heavy atom. The van der Waals surface area contributed by atoms with Crippen LogP contribution in [0.15, 0.2) is 194 Å². The zero-order valence-corrected chi connectivity index (χ0v) is 73.0. The molecular weight excluding hydrogens is 1800 g/mol. The Morgan fingerprint density at radius 1 is 0.252 bits per heavy atom. The highest BCUT2D eigenvalue weighted by Gasteiger charge is 2.58. The van der Waals surface area contributed by atoms with Crippen LogP contribution in [0.1, 0.15) is 241 Å². The van der Waals surface area contributed by atoms with Crippen molar-refractivity contribution in [2.24, 2.45) is 17.8 Å². The highest BCUT2D eigenvalue weighted by molar-refractivity contribution is 5.91. The van der Waals surface area contributed by atoms with E-state index in [0.717, 1.165) is 19.3 Å². The summed E-state index contributed by atoms with van der Waals surface area (Å²) in [5.74, 6) is -20.9. The number of rotatable bonds is 18. The van der Waals surface area contributed by atoms with E-state index in [9.17, 15) is 79.2 Å². The Hall–Kier alpha value is -16.8. The molecule has 4 fully saturated rings. The molecule has 24 rings (SSSR count). The van der Waals surface area contributed by atoms with Gasteiger partial charge in [0, 0.05) is 189 Å². The molecule has 8 heterocycles. The number of nitrogens with one attached hydrogen (secondary N) is 1. The minimum atomic E-state index is -2.54. The van der Waals surface area contributed by atoms with Gasteiger partial charge in [0.05, 0.1) is 27.8 Å². The Labute approximate surface area is 786 Å². The van der Waals surface area contributed by atoms with Gasteiger partial charge in [-0.05, 0) is 203 Å². The maximum Gasteiger partial charge on any atom is 0.342 e. The molecule has 0 spiro atoms. The molecule has 33 heteroatoms. The Kier molecular flexibility index (Phi) is 19.9. The van der Waals surface area contributed by atoms with Crippen LogP contribution >= 0.6 is 0 Å². The molecule has 12 aromatic carbocycles. The molecule has 9 N–H and O–H groups in total. The number of aliphatic carboxylic acids is 4. The van der Waals surface area contributed by atoms with Crippen LogP contribution in [0.3, 0.4) is 0 Å². The third-order valence-electron chi connectivity index (χ3n) is 27.7. The summed E-state index contributed by atoms with van der Waals surface area (Å²) in [5.41, 5.74) is -0.517. The largest absolute Gasteiger partial charge is 0.481 e.